The van der Waals surface area contributed by atoms with Gasteiger partial charge >= 0.3 is 0 Å². The fraction of sp³-hybridized carbons (Fsp3) is 0.571. The third-order valence-electron chi connectivity index (χ3n) is 4.00. The zero-order chi connectivity index (χ0) is 14.0. The van der Waals surface area contributed by atoms with Crippen LogP contribution in [0.15, 0.2) is 18.5 Å². The monoisotopic (exact) mass is 278 g/mol. The van der Waals surface area contributed by atoms with E-state index in [0.717, 1.165) is 26.2 Å². The molecule has 0 radical (unpaired) electrons. The molecule has 2 heterocycles. The van der Waals surface area contributed by atoms with Gasteiger partial charge in [0.25, 0.3) is 0 Å². The van der Waals surface area contributed by atoms with E-state index in [-0.39, 0.29) is 5.54 Å². The molecule has 1 aromatic rings. The molecule has 5 heteroatoms. The molecule has 2 N–H and O–H groups in total. The number of aryl methyl sites for hydroxylation is 1. The van der Waals surface area contributed by atoms with Crippen LogP contribution < -0.4 is 10.6 Å². The van der Waals surface area contributed by atoms with Gasteiger partial charge in [0.15, 0.2) is 0 Å². The predicted octanol–water partition coefficient (Wildman–Crippen LogP) is 1.58. The third-order valence-corrected chi connectivity index (χ3v) is 4.50. The molecule has 0 unspecified atom stereocenters. The fourth-order valence-electron chi connectivity index (χ4n) is 2.48. The summed E-state index contributed by atoms with van der Waals surface area (Å²) in [7, 11) is 0. The van der Waals surface area contributed by atoms with Crippen molar-refractivity contribution in [2.75, 3.05) is 31.1 Å². The number of anilines is 1. The van der Waals surface area contributed by atoms with E-state index < -0.39 is 0 Å². The van der Waals surface area contributed by atoms with Gasteiger partial charge in [-0.1, -0.05) is 12.2 Å². The Morgan fingerprint density at radius 3 is 2.47 bits per heavy atom. The molecule has 19 heavy (non-hydrogen) atoms. The standard InChI is InChI=1S/C14H22N4S/c1-11-10-16-5-4-12(11)17-6-8-18(9-7-17)14(2,3)13(15)19/h4-5,10H,6-9H2,1-3H3,(H2,15,19). The van der Waals surface area contributed by atoms with Gasteiger partial charge < -0.3 is 10.6 Å². The van der Waals surface area contributed by atoms with Crippen molar-refractivity contribution in [2.45, 2.75) is 26.3 Å². The Morgan fingerprint density at radius 2 is 1.95 bits per heavy atom. The number of hydrogen-bond acceptors (Lipinski definition) is 4. The van der Waals surface area contributed by atoms with Crippen LogP contribution in [0.3, 0.4) is 0 Å². The molecule has 1 fully saturated rings. The van der Waals surface area contributed by atoms with Crippen molar-refractivity contribution in [3.63, 3.8) is 0 Å². The second kappa shape index (κ2) is 5.43. The zero-order valence-electron chi connectivity index (χ0n) is 11.9. The first-order valence-electron chi connectivity index (χ1n) is 6.63. The number of pyridine rings is 1. The van der Waals surface area contributed by atoms with Crippen molar-refractivity contribution in [1.29, 1.82) is 0 Å². The molecular weight excluding hydrogens is 256 g/mol. The van der Waals surface area contributed by atoms with Crippen LogP contribution >= 0.6 is 12.2 Å². The number of nitrogens with two attached hydrogens (primary N) is 1. The Hall–Kier alpha value is -1.20. The molecule has 1 aliphatic rings. The summed E-state index contributed by atoms with van der Waals surface area (Å²) in [5, 5.41) is 0. The van der Waals surface area contributed by atoms with Gasteiger partial charge in [-0.3, -0.25) is 9.88 Å². The van der Waals surface area contributed by atoms with Gasteiger partial charge in [-0.2, -0.15) is 0 Å². The van der Waals surface area contributed by atoms with Crippen LogP contribution in [0.25, 0.3) is 0 Å². The van der Waals surface area contributed by atoms with E-state index in [0.29, 0.717) is 4.99 Å². The van der Waals surface area contributed by atoms with Gasteiger partial charge in [-0.25, -0.2) is 0 Å². The van der Waals surface area contributed by atoms with E-state index in [1.807, 2.05) is 12.4 Å². The molecule has 1 aliphatic heterocycles. The second-order valence-corrected chi connectivity index (χ2v) is 6.00. The Kier molecular flexibility index (Phi) is 4.06. The van der Waals surface area contributed by atoms with Crippen LogP contribution in [0.1, 0.15) is 19.4 Å². The molecule has 0 amide bonds. The normalized spacial score (nSPS) is 17.5. The number of rotatable bonds is 3. The summed E-state index contributed by atoms with van der Waals surface area (Å²) in [6.45, 7) is 10.3. The van der Waals surface area contributed by atoms with Crippen molar-refractivity contribution < 1.29 is 0 Å². The maximum absolute atomic E-state index is 5.84. The molecule has 0 aromatic carbocycles. The summed E-state index contributed by atoms with van der Waals surface area (Å²) >= 11 is 5.17. The molecule has 104 valence electrons. The highest BCUT2D eigenvalue weighted by atomic mass is 32.1. The maximum atomic E-state index is 5.84. The van der Waals surface area contributed by atoms with Crippen LogP contribution in [0, 0.1) is 6.92 Å². The van der Waals surface area contributed by atoms with Crippen LogP contribution in [-0.2, 0) is 0 Å². The van der Waals surface area contributed by atoms with E-state index in [4.69, 9.17) is 18.0 Å². The molecule has 1 saturated heterocycles. The third kappa shape index (κ3) is 2.87. The zero-order valence-corrected chi connectivity index (χ0v) is 12.7. The molecule has 0 bridgehead atoms. The summed E-state index contributed by atoms with van der Waals surface area (Å²) in [6.07, 6.45) is 3.77. The molecule has 1 aromatic heterocycles. The Morgan fingerprint density at radius 1 is 1.32 bits per heavy atom. The van der Waals surface area contributed by atoms with E-state index >= 15 is 0 Å². The minimum absolute atomic E-state index is 0.200. The van der Waals surface area contributed by atoms with E-state index in [1.165, 1.54) is 11.3 Å². The van der Waals surface area contributed by atoms with Crippen molar-refractivity contribution in [1.82, 2.24) is 9.88 Å². The maximum Gasteiger partial charge on any atom is 0.0928 e. The smallest absolute Gasteiger partial charge is 0.0928 e. The van der Waals surface area contributed by atoms with Gasteiger partial charge in [0.1, 0.15) is 0 Å². The van der Waals surface area contributed by atoms with Gasteiger partial charge in [0, 0.05) is 44.3 Å². The van der Waals surface area contributed by atoms with Gasteiger partial charge in [-0.05, 0) is 32.4 Å². The van der Waals surface area contributed by atoms with Crippen LogP contribution in [0.4, 0.5) is 5.69 Å². The number of nitrogens with zero attached hydrogens (tertiary/aromatic N) is 3. The van der Waals surface area contributed by atoms with Crippen molar-refractivity contribution in [3.05, 3.63) is 24.0 Å². The topological polar surface area (TPSA) is 45.4 Å². The summed E-state index contributed by atoms with van der Waals surface area (Å²) in [5.41, 5.74) is 8.15. The summed E-state index contributed by atoms with van der Waals surface area (Å²) < 4.78 is 0. The molecule has 0 atom stereocenters. The Balaban J connectivity index is 2.04. The van der Waals surface area contributed by atoms with E-state index in [2.05, 4.69) is 41.6 Å². The number of hydrogen-bond donors (Lipinski definition) is 1. The second-order valence-electron chi connectivity index (χ2n) is 5.56. The van der Waals surface area contributed by atoms with Crippen molar-refractivity contribution in [3.8, 4) is 0 Å². The first-order valence-corrected chi connectivity index (χ1v) is 7.04. The average molecular weight is 278 g/mol. The minimum atomic E-state index is -0.200. The molecular formula is C14H22N4S. The summed E-state index contributed by atoms with van der Waals surface area (Å²) in [6, 6.07) is 2.09. The first-order chi connectivity index (χ1) is 8.93. The average Bonchev–Trinajstić information content (AvgIpc) is 2.39. The van der Waals surface area contributed by atoms with Crippen molar-refractivity contribution in [2.24, 2.45) is 5.73 Å². The van der Waals surface area contributed by atoms with Gasteiger partial charge in [0.05, 0.1) is 10.5 Å². The molecule has 0 saturated carbocycles. The van der Waals surface area contributed by atoms with Crippen LogP contribution in [0.5, 0.6) is 0 Å². The van der Waals surface area contributed by atoms with Crippen LogP contribution in [0.2, 0.25) is 0 Å². The minimum Gasteiger partial charge on any atom is -0.392 e. The summed E-state index contributed by atoms with van der Waals surface area (Å²) in [4.78, 5) is 9.49. The highest BCUT2D eigenvalue weighted by Gasteiger charge is 2.32. The van der Waals surface area contributed by atoms with Gasteiger partial charge in [0.2, 0.25) is 0 Å². The number of piperazine rings is 1. The van der Waals surface area contributed by atoms with E-state index in [1.54, 1.807) is 0 Å². The lowest BCUT2D eigenvalue weighted by molar-refractivity contribution is 0.168. The fourth-order valence-corrected chi connectivity index (χ4v) is 2.61. The number of aromatic nitrogens is 1. The predicted molar refractivity (Wildman–Crippen MR) is 83.6 cm³/mol. The van der Waals surface area contributed by atoms with Crippen molar-refractivity contribution >= 4 is 22.9 Å². The molecule has 0 spiro atoms. The Labute approximate surface area is 120 Å². The number of thiocarbonyl (C=S) groups is 1. The molecule has 4 nitrogen and oxygen atoms in total. The van der Waals surface area contributed by atoms with E-state index in [9.17, 15) is 0 Å². The molecule has 2 rings (SSSR count). The SMILES string of the molecule is Cc1cnccc1N1CCN(C(C)(C)C(N)=S)CC1. The lowest BCUT2D eigenvalue weighted by atomic mass is 10.0. The highest BCUT2D eigenvalue weighted by molar-refractivity contribution is 7.80. The lowest BCUT2D eigenvalue weighted by Gasteiger charge is -2.44. The largest absolute Gasteiger partial charge is 0.392 e. The Bertz CT molecular complexity index is 464. The van der Waals surface area contributed by atoms with Gasteiger partial charge in [-0.15, -0.1) is 0 Å². The first kappa shape index (κ1) is 14.2. The summed E-state index contributed by atoms with van der Waals surface area (Å²) in [5.74, 6) is 0. The lowest BCUT2D eigenvalue weighted by Crippen LogP contribution is -2.59. The molecule has 0 aliphatic carbocycles. The quantitative estimate of drug-likeness (QED) is 0.851. The highest BCUT2D eigenvalue weighted by Crippen LogP contribution is 2.23. The van der Waals surface area contributed by atoms with Crippen LogP contribution in [-0.4, -0.2) is 46.6 Å².